The molecule has 4 nitrogen and oxygen atoms in total. The molecule has 4 aromatic rings. The van der Waals surface area contributed by atoms with Gasteiger partial charge in [-0.25, -0.2) is 0 Å². The molecule has 0 bridgehead atoms. The summed E-state index contributed by atoms with van der Waals surface area (Å²) in [5.74, 6) is 0.690. The lowest BCUT2D eigenvalue weighted by molar-refractivity contribution is -0.128. The maximum absolute atomic E-state index is 13.0. The molecule has 33 heavy (non-hydrogen) atoms. The Labute approximate surface area is 207 Å². The zero-order valence-corrected chi connectivity index (χ0v) is 20.8. The number of para-hydroxylation sites is 2. The molecule has 0 N–H and O–H groups in total. The van der Waals surface area contributed by atoms with Crippen molar-refractivity contribution in [3.63, 3.8) is 0 Å². The van der Waals surface area contributed by atoms with Crippen molar-refractivity contribution >= 4 is 50.2 Å². The van der Waals surface area contributed by atoms with Gasteiger partial charge in [0.25, 0.3) is 0 Å². The molecule has 1 aliphatic rings. The summed E-state index contributed by atoms with van der Waals surface area (Å²) >= 11 is 5.16. The van der Waals surface area contributed by atoms with Crippen LogP contribution in [-0.4, -0.2) is 47.3 Å². The van der Waals surface area contributed by atoms with Crippen LogP contribution in [-0.2, 0) is 11.3 Å². The molecular formula is C27H26BrN3OS. The first-order valence-electron chi connectivity index (χ1n) is 11.2. The molecular weight excluding hydrogens is 494 g/mol. The molecule has 1 fully saturated rings. The van der Waals surface area contributed by atoms with E-state index in [0.29, 0.717) is 5.75 Å². The lowest BCUT2D eigenvalue weighted by Crippen LogP contribution is -2.49. The first-order chi connectivity index (χ1) is 16.2. The topological polar surface area (TPSA) is 28.5 Å². The average Bonchev–Trinajstić information content (AvgIpc) is 3.22. The van der Waals surface area contributed by atoms with E-state index >= 15 is 0 Å². The van der Waals surface area contributed by atoms with E-state index < -0.39 is 0 Å². The Hall–Kier alpha value is -2.70. The number of piperazine rings is 1. The molecule has 168 valence electrons. The van der Waals surface area contributed by atoms with Crippen LogP contribution >= 0.6 is 27.7 Å². The van der Waals surface area contributed by atoms with Crippen molar-refractivity contribution in [2.75, 3.05) is 36.8 Å². The second-order valence-electron chi connectivity index (χ2n) is 8.26. The second-order valence-corrected chi connectivity index (χ2v) is 10.2. The monoisotopic (exact) mass is 519 g/mol. The number of thioether (sulfide) groups is 1. The Bertz CT molecular complexity index is 1230. The van der Waals surface area contributed by atoms with E-state index in [1.807, 2.05) is 11.0 Å². The van der Waals surface area contributed by atoms with E-state index in [4.69, 9.17) is 0 Å². The van der Waals surface area contributed by atoms with Gasteiger partial charge in [-0.15, -0.1) is 11.8 Å². The van der Waals surface area contributed by atoms with Crippen molar-refractivity contribution in [1.82, 2.24) is 9.47 Å². The van der Waals surface area contributed by atoms with Crippen LogP contribution in [0.3, 0.4) is 0 Å². The molecule has 1 aliphatic heterocycles. The van der Waals surface area contributed by atoms with Crippen LogP contribution in [0, 0.1) is 0 Å². The van der Waals surface area contributed by atoms with Crippen LogP contribution in [0.15, 0.2) is 94.4 Å². The molecule has 6 heteroatoms. The van der Waals surface area contributed by atoms with Gasteiger partial charge in [-0.05, 0) is 35.9 Å². The summed E-state index contributed by atoms with van der Waals surface area (Å²) in [5.41, 5.74) is 3.69. The molecule has 0 radical (unpaired) electrons. The summed E-state index contributed by atoms with van der Waals surface area (Å²) in [5, 5.41) is 1.21. The normalized spacial score (nSPS) is 14.1. The first-order valence-corrected chi connectivity index (χ1v) is 13.0. The van der Waals surface area contributed by atoms with Crippen molar-refractivity contribution in [3.8, 4) is 0 Å². The highest BCUT2D eigenvalue weighted by Crippen LogP contribution is 2.31. The first kappa shape index (κ1) is 22.1. The largest absolute Gasteiger partial charge is 0.368 e. The molecule has 0 atom stereocenters. The van der Waals surface area contributed by atoms with E-state index in [1.54, 1.807) is 11.8 Å². The van der Waals surface area contributed by atoms with Gasteiger partial charge in [0.2, 0.25) is 5.91 Å². The number of fused-ring (bicyclic) bond motifs is 1. The minimum atomic E-state index is 0.220. The van der Waals surface area contributed by atoms with E-state index in [1.165, 1.54) is 27.0 Å². The SMILES string of the molecule is O=C(CSc1cn(Cc2ccc(Br)cc2)c2ccccc12)N1CCN(c2ccccc2)CC1. The Balaban J connectivity index is 1.23. The summed E-state index contributed by atoms with van der Waals surface area (Å²) in [6, 6.07) is 27.3. The van der Waals surface area contributed by atoms with E-state index in [2.05, 4.69) is 104 Å². The summed E-state index contributed by atoms with van der Waals surface area (Å²) in [6.07, 6.45) is 2.19. The number of anilines is 1. The number of hydrogen-bond donors (Lipinski definition) is 0. The van der Waals surface area contributed by atoms with Gasteiger partial charge in [0.05, 0.1) is 5.75 Å². The highest BCUT2D eigenvalue weighted by Gasteiger charge is 2.21. The molecule has 1 aromatic heterocycles. The Kier molecular flexibility index (Phi) is 6.74. The third-order valence-corrected chi connectivity index (χ3v) is 7.68. The van der Waals surface area contributed by atoms with Gasteiger partial charge < -0.3 is 14.4 Å². The number of carbonyl (C=O) groups excluding carboxylic acids is 1. The fourth-order valence-corrected chi connectivity index (χ4v) is 5.58. The minimum absolute atomic E-state index is 0.220. The quantitative estimate of drug-likeness (QED) is 0.297. The number of hydrogen-bond acceptors (Lipinski definition) is 3. The third-order valence-electron chi connectivity index (χ3n) is 6.12. The standard InChI is InChI=1S/C27H26BrN3OS/c28-22-12-10-21(11-13-22)18-31-19-26(24-8-4-5-9-25(24)31)33-20-27(32)30-16-14-29(15-17-30)23-6-2-1-3-7-23/h1-13,19H,14-18,20H2. The minimum Gasteiger partial charge on any atom is -0.368 e. The average molecular weight is 520 g/mol. The highest BCUT2D eigenvalue weighted by molar-refractivity contribution is 9.10. The molecule has 1 amide bonds. The van der Waals surface area contributed by atoms with Gasteiger partial charge in [-0.2, -0.15) is 0 Å². The molecule has 2 heterocycles. The highest BCUT2D eigenvalue weighted by atomic mass is 79.9. The summed E-state index contributed by atoms with van der Waals surface area (Å²) < 4.78 is 3.37. The Morgan fingerprint density at radius 3 is 2.30 bits per heavy atom. The molecule has 0 spiro atoms. The number of benzene rings is 3. The summed E-state index contributed by atoms with van der Waals surface area (Å²) in [4.78, 5) is 18.5. The van der Waals surface area contributed by atoms with Crippen LogP contribution in [0.2, 0.25) is 0 Å². The zero-order valence-electron chi connectivity index (χ0n) is 18.4. The van der Waals surface area contributed by atoms with Crippen LogP contribution in [0.5, 0.6) is 0 Å². The number of rotatable bonds is 6. The van der Waals surface area contributed by atoms with Crippen molar-refractivity contribution < 1.29 is 4.79 Å². The molecule has 0 aliphatic carbocycles. The second kappa shape index (κ2) is 10.1. The Morgan fingerprint density at radius 1 is 0.848 bits per heavy atom. The van der Waals surface area contributed by atoms with Crippen molar-refractivity contribution in [2.24, 2.45) is 0 Å². The van der Waals surface area contributed by atoms with Crippen molar-refractivity contribution in [2.45, 2.75) is 11.4 Å². The lowest BCUT2D eigenvalue weighted by Gasteiger charge is -2.36. The third kappa shape index (κ3) is 5.12. The van der Waals surface area contributed by atoms with Crippen molar-refractivity contribution in [3.05, 3.63) is 95.1 Å². The lowest BCUT2D eigenvalue weighted by atomic mass is 10.2. The predicted molar refractivity (Wildman–Crippen MR) is 141 cm³/mol. The van der Waals surface area contributed by atoms with Gasteiger partial charge >= 0.3 is 0 Å². The van der Waals surface area contributed by atoms with Crippen LogP contribution < -0.4 is 4.90 Å². The van der Waals surface area contributed by atoms with Crippen LogP contribution in [0.4, 0.5) is 5.69 Å². The molecule has 0 saturated carbocycles. The number of aromatic nitrogens is 1. The fraction of sp³-hybridized carbons (Fsp3) is 0.222. The van der Waals surface area contributed by atoms with Crippen molar-refractivity contribution in [1.29, 1.82) is 0 Å². The van der Waals surface area contributed by atoms with E-state index in [9.17, 15) is 4.79 Å². The van der Waals surface area contributed by atoms with Gasteiger partial charge in [0.1, 0.15) is 0 Å². The van der Waals surface area contributed by atoms with E-state index in [0.717, 1.165) is 37.2 Å². The Morgan fingerprint density at radius 2 is 1.55 bits per heavy atom. The zero-order chi connectivity index (χ0) is 22.6. The number of nitrogens with zero attached hydrogens (tertiary/aromatic N) is 3. The molecule has 0 unspecified atom stereocenters. The maximum Gasteiger partial charge on any atom is 0.233 e. The predicted octanol–water partition coefficient (Wildman–Crippen LogP) is 5.89. The molecule has 1 saturated heterocycles. The van der Waals surface area contributed by atoms with Crippen LogP contribution in [0.25, 0.3) is 10.9 Å². The van der Waals surface area contributed by atoms with Gasteiger partial charge in [-0.1, -0.05) is 64.5 Å². The van der Waals surface area contributed by atoms with Gasteiger partial charge in [0.15, 0.2) is 0 Å². The fourth-order valence-electron chi connectivity index (χ4n) is 4.33. The summed E-state index contributed by atoms with van der Waals surface area (Å²) in [6.45, 7) is 4.13. The summed E-state index contributed by atoms with van der Waals surface area (Å²) in [7, 11) is 0. The maximum atomic E-state index is 13.0. The van der Waals surface area contributed by atoms with Crippen LogP contribution in [0.1, 0.15) is 5.56 Å². The molecule has 3 aromatic carbocycles. The number of carbonyl (C=O) groups is 1. The van der Waals surface area contributed by atoms with Gasteiger partial charge in [0, 0.05) is 64.9 Å². The number of halogens is 1. The molecule has 5 rings (SSSR count). The number of amides is 1. The van der Waals surface area contributed by atoms with E-state index in [-0.39, 0.29) is 5.91 Å². The van der Waals surface area contributed by atoms with Gasteiger partial charge in [-0.3, -0.25) is 4.79 Å². The smallest absolute Gasteiger partial charge is 0.233 e.